The van der Waals surface area contributed by atoms with Gasteiger partial charge in [-0.05, 0) is 20.3 Å². The molecule has 1 amide bonds. The summed E-state index contributed by atoms with van der Waals surface area (Å²) < 4.78 is 9.53. The van der Waals surface area contributed by atoms with Gasteiger partial charge in [0.15, 0.2) is 0 Å². The van der Waals surface area contributed by atoms with Crippen molar-refractivity contribution in [1.29, 1.82) is 0 Å². The van der Waals surface area contributed by atoms with Crippen molar-refractivity contribution >= 4 is 29.6 Å². The van der Waals surface area contributed by atoms with Crippen LogP contribution in [-0.2, 0) is 23.9 Å². The molecular weight excluding hydrogens is 296 g/mol. The lowest BCUT2D eigenvalue weighted by molar-refractivity contribution is -0.144. The Kier molecular flexibility index (Phi) is 11.7. The molecule has 0 radical (unpaired) electrons. The van der Waals surface area contributed by atoms with Gasteiger partial charge in [-0.2, -0.15) is 0 Å². The molecule has 1 atom stereocenters. The smallest absolute Gasteiger partial charge is 0.323 e. The zero-order chi connectivity index (χ0) is 16.1. The maximum absolute atomic E-state index is 11.5. The van der Waals surface area contributed by atoms with E-state index in [1.807, 2.05) is 0 Å². The maximum Gasteiger partial charge on any atom is 0.323 e. The van der Waals surface area contributed by atoms with Crippen molar-refractivity contribution in [2.75, 3.05) is 31.3 Å². The minimum Gasteiger partial charge on any atom is -0.466 e. The molecule has 122 valence electrons. The number of nitrogens with two attached hydrogens (primary N) is 1. The van der Waals surface area contributed by atoms with Crippen LogP contribution < -0.4 is 11.1 Å². The van der Waals surface area contributed by atoms with Crippen molar-refractivity contribution in [3.63, 3.8) is 0 Å². The molecule has 0 saturated carbocycles. The van der Waals surface area contributed by atoms with Crippen molar-refractivity contribution in [1.82, 2.24) is 5.32 Å². The number of hydrogen-bond donors (Lipinski definition) is 2. The number of nitrogens with one attached hydrogen (secondary N) is 1. The van der Waals surface area contributed by atoms with E-state index in [4.69, 9.17) is 15.2 Å². The summed E-state index contributed by atoms with van der Waals surface area (Å²) in [6.07, 6.45) is 0.826. The Bertz CT molecular complexity index is 339. The summed E-state index contributed by atoms with van der Waals surface area (Å²) in [5.74, 6) is -0.331. The number of carbonyl (C=O) groups is 3. The predicted molar refractivity (Wildman–Crippen MR) is 80.8 cm³/mol. The van der Waals surface area contributed by atoms with E-state index < -0.39 is 12.0 Å². The molecule has 0 aliphatic rings. The topological polar surface area (TPSA) is 108 Å². The summed E-state index contributed by atoms with van der Waals surface area (Å²) in [6.45, 7) is 4.53. The van der Waals surface area contributed by atoms with Gasteiger partial charge in [0.1, 0.15) is 6.04 Å². The van der Waals surface area contributed by atoms with E-state index in [0.29, 0.717) is 25.3 Å². The van der Waals surface area contributed by atoms with Crippen molar-refractivity contribution in [3.8, 4) is 0 Å². The van der Waals surface area contributed by atoms with Gasteiger partial charge in [0.2, 0.25) is 5.91 Å². The first-order valence-corrected chi connectivity index (χ1v) is 8.09. The van der Waals surface area contributed by atoms with Gasteiger partial charge < -0.3 is 20.5 Å². The number of esters is 2. The van der Waals surface area contributed by atoms with Gasteiger partial charge in [0.05, 0.1) is 19.0 Å². The molecule has 8 heteroatoms. The molecular formula is C13H24N2O5S. The van der Waals surface area contributed by atoms with Crippen LogP contribution in [0.2, 0.25) is 0 Å². The molecule has 21 heavy (non-hydrogen) atoms. The highest BCUT2D eigenvalue weighted by molar-refractivity contribution is 8.00. The molecule has 7 nitrogen and oxygen atoms in total. The lowest BCUT2D eigenvalue weighted by atomic mass is 10.3. The first-order valence-electron chi connectivity index (χ1n) is 6.93. The van der Waals surface area contributed by atoms with E-state index in [1.54, 1.807) is 13.8 Å². The van der Waals surface area contributed by atoms with Crippen LogP contribution in [-0.4, -0.2) is 55.2 Å². The third kappa shape index (κ3) is 11.1. The van der Waals surface area contributed by atoms with E-state index in [1.165, 1.54) is 11.8 Å². The van der Waals surface area contributed by atoms with Gasteiger partial charge in [-0.3, -0.25) is 14.4 Å². The summed E-state index contributed by atoms with van der Waals surface area (Å²) in [7, 11) is 0. The molecule has 0 aliphatic carbocycles. The lowest BCUT2D eigenvalue weighted by Crippen LogP contribution is -2.35. The van der Waals surface area contributed by atoms with Crippen LogP contribution >= 0.6 is 11.8 Å². The summed E-state index contributed by atoms with van der Waals surface area (Å²) >= 11 is 1.27. The van der Waals surface area contributed by atoms with Gasteiger partial charge in [0.25, 0.3) is 0 Å². The van der Waals surface area contributed by atoms with Crippen molar-refractivity contribution in [2.45, 2.75) is 32.7 Å². The minimum absolute atomic E-state index is 0.153. The van der Waals surface area contributed by atoms with Crippen molar-refractivity contribution in [3.05, 3.63) is 0 Å². The van der Waals surface area contributed by atoms with Crippen LogP contribution in [0, 0.1) is 0 Å². The fourth-order valence-electron chi connectivity index (χ4n) is 1.34. The third-order valence-corrected chi connectivity index (χ3v) is 3.37. The van der Waals surface area contributed by atoms with E-state index in [0.717, 1.165) is 0 Å². The van der Waals surface area contributed by atoms with Crippen molar-refractivity contribution in [2.24, 2.45) is 5.73 Å². The van der Waals surface area contributed by atoms with Crippen LogP contribution in [0.4, 0.5) is 0 Å². The van der Waals surface area contributed by atoms with Crippen LogP contribution in [0.25, 0.3) is 0 Å². The standard InChI is InChI=1S/C13H24N2O5S/c1-3-19-12(17)6-5-7-15-11(16)9-21-8-10(14)13(18)20-4-2/h10H,3-9,14H2,1-2H3,(H,15,16). The van der Waals surface area contributed by atoms with E-state index in [-0.39, 0.29) is 30.7 Å². The second-order valence-electron chi connectivity index (χ2n) is 4.13. The highest BCUT2D eigenvalue weighted by Gasteiger charge is 2.14. The molecule has 0 fully saturated rings. The Balaban J connectivity index is 3.58. The normalized spacial score (nSPS) is 11.6. The van der Waals surface area contributed by atoms with Crippen LogP contribution in [0.3, 0.4) is 0 Å². The monoisotopic (exact) mass is 320 g/mol. The van der Waals surface area contributed by atoms with Gasteiger partial charge in [-0.15, -0.1) is 11.8 Å². The Morgan fingerprint density at radius 2 is 1.86 bits per heavy atom. The van der Waals surface area contributed by atoms with E-state index in [2.05, 4.69) is 5.32 Å². The van der Waals surface area contributed by atoms with Crippen LogP contribution in [0.1, 0.15) is 26.7 Å². The highest BCUT2D eigenvalue weighted by Crippen LogP contribution is 2.02. The van der Waals surface area contributed by atoms with E-state index >= 15 is 0 Å². The second kappa shape index (κ2) is 12.5. The lowest BCUT2D eigenvalue weighted by Gasteiger charge is -2.10. The number of amides is 1. The average molecular weight is 320 g/mol. The number of thioether (sulfide) groups is 1. The van der Waals surface area contributed by atoms with Gasteiger partial charge in [0, 0.05) is 18.7 Å². The SMILES string of the molecule is CCOC(=O)CCCNC(=O)CSCC(N)C(=O)OCC. The minimum atomic E-state index is -0.716. The zero-order valence-corrected chi connectivity index (χ0v) is 13.4. The van der Waals surface area contributed by atoms with Gasteiger partial charge in [-0.1, -0.05) is 0 Å². The Labute approximate surface area is 129 Å². The highest BCUT2D eigenvalue weighted by atomic mass is 32.2. The second-order valence-corrected chi connectivity index (χ2v) is 5.16. The fraction of sp³-hybridized carbons (Fsp3) is 0.769. The molecule has 3 N–H and O–H groups in total. The van der Waals surface area contributed by atoms with Crippen molar-refractivity contribution < 1.29 is 23.9 Å². The molecule has 0 aromatic heterocycles. The quantitative estimate of drug-likeness (QED) is 0.409. The Morgan fingerprint density at radius 3 is 2.48 bits per heavy atom. The molecule has 0 spiro atoms. The molecule has 1 unspecified atom stereocenters. The Morgan fingerprint density at radius 1 is 1.19 bits per heavy atom. The zero-order valence-electron chi connectivity index (χ0n) is 12.6. The summed E-state index contributed by atoms with van der Waals surface area (Å²) in [4.78, 5) is 33.8. The maximum atomic E-state index is 11.5. The van der Waals surface area contributed by atoms with Crippen LogP contribution in [0.15, 0.2) is 0 Å². The fourth-order valence-corrected chi connectivity index (χ4v) is 2.14. The molecule has 0 aromatic carbocycles. The largest absolute Gasteiger partial charge is 0.466 e. The molecule has 0 rings (SSSR count). The van der Waals surface area contributed by atoms with Crippen LogP contribution in [0.5, 0.6) is 0 Å². The molecule has 0 aromatic rings. The summed E-state index contributed by atoms with van der Waals surface area (Å²) in [5, 5.41) is 2.68. The average Bonchev–Trinajstić information content (AvgIpc) is 2.44. The molecule has 0 aliphatic heterocycles. The first-order chi connectivity index (χ1) is 10.0. The number of ether oxygens (including phenoxy) is 2. The number of hydrogen-bond acceptors (Lipinski definition) is 7. The predicted octanol–water partition coefficient (Wildman–Crippen LogP) is 0.0695. The third-order valence-electron chi connectivity index (χ3n) is 2.31. The van der Waals surface area contributed by atoms with E-state index in [9.17, 15) is 14.4 Å². The molecule has 0 bridgehead atoms. The summed E-state index contributed by atoms with van der Waals surface area (Å²) in [6, 6.07) is -0.716. The number of rotatable bonds is 11. The molecule has 0 saturated heterocycles. The molecule has 0 heterocycles. The summed E-state index contributed by atoms with van der Waals surface area (Å²) in [5.41, 5.74) is 5.59. The Hall–Kier alpha value is -1.28. The number of carbonyl (C=O) groups excluding carboxylic acids is 3. The van der Waals surface area contributed by atoms with Gasteiger partial charge >= 0.3 is 11.9 Å². The first kappa shape index (κ1) is 19.7. The van der Waals surface area contributed by atoms with Gasteiger partial charge in [-0.25, -0.2) is 0 Å².